The Morgan fingerprint density at radius 1 is 1.26 bits per heavy atom. The van der Waals surface area contributed by atoms with Crippen LogP contribution in [0, 0.1) is 12.8 Å². The van der Waals surface area contributed by atoms with E-state index in [1.807, 2.05) is 31.2 Å². The smallest absolute Gasteiger partial charge is 0.131 e. The minimum absolute atomic E-state index is 0.541. The van der Waals surface area contributed by atoms with E-state index in [2.05, 4.69) is 23.4 Å². The lowest BCUT2D eigenvalue weighted by molar-refractivity contribution is 0.415. The van der Waals surface area contributed by atoms with Crippen molar-refractivity contribution >= 4 is 5.82 Å². The van der Waals surface area contributed by atoms with Gasteiger partial charge in [-0.15, -0.1) is 0 Å². The molecule has 4 heteroatoms. The van der Waals surface area contributed by atoms with Gasteiger partial charge in [0.1, 0.15) is 23.1 Å². The highest BCUT2D eigenvalue weighted by Crippen LogP contribution is 2.28. The lowest BCUT2D eigenvalue weighted by atomic mass is 10.1. The van der Waals surface area contributed by atoms with E-state index in [1.165, 1.54) is 0 Å². The highest BCUT2D eigenvalue weighted by Gasteiger charge is 2.14. The van der Waals surface area contributed by atoms with Crippen molar-refractivity contribution in [1.29, 1.82) is 0 Å². The van der Waals surface area contributed by atoms with Gasteiger partial charge in [-0.05, 0) is 37.1 Å². The average molecular weight is 259 g/mol. The Kier molecular flexibility index (Phi) is 3.79. The van der Waals surface area contributed by atoms with Crippen molar-refractivity contribution in [2.24, 2.45) is 5.92 Å². The van der Waals surface area contributed by atoms with E-state index in [1.54, 1.807) is 7.11 Å². The molecule has 2 N–H and O–H groups in total. The van der Waals surface area contributed by atoms with E-state index >= 15 is 0 Å². The molecule has 0 unspecified atom stereocenters. The number of hydrogen-bond acceptors (Lipinski definition) is 3. The van der Waals surface area contributed by atoms with Gasteiger partial charge in [0.25, 0.3) is 0 Å². The molecule has 0 saturated heterocycles. The van der Waals surface area contributed by atoms with Crippen molar-refractivity contribution < 1.29 is 4.74 Å². The van der Waals surface area contributed by atoms with Crippen molar-refractivity contribution in [3.8, 4) is 17.0 Å². The Labute approximate surface area is 114 Å². The number of nitrogens with zero attached hydrogens (tertiary/aromatic N) is 2. The van der Waals surface area contributed by atoms with Crippen molar-refractivity contribution in [2.75, 3.05) is 12.8 Å². The number of rotatable bonds is 4. The molecule has 0 aliphatic rings. The zero-order valence-electron chi connectivity index (χ0n) is 12.0. The summed E-state index contributed by atoms with van der Waals surface area (Å²) in [6, 6.07) is 7.81. The van der Waals surface area contributed by atoms with Crippen molar-refractivity contribution in [3.05, 3.63) is 30.1 Å². The maximum absolute atomic E-state index is 6.22. The van der Waals surface area contributed by atoms with Crippen molar-refractivity contribution in [1.82, 2.24) is 9.55 Å². The van der Waals surface area contributed by atoms with Gasteiger partial charge >= 0.3 is 0 Å². The van der Waals surface area contributed by atoms with Crippen molar-refractivity contribution in [2.45, 2.75) is 27.3 Å². The van der Waals surface area contributed by atoms with E-state index in [0.29, 0.717) is 5.92 Å². The van der Waals surface area contributed by atoms with Gasteiger partial charge in [0, 0.05) is 12.1 Å². The summed E-state index contributed by atoms with van der Waals surface area (Å²) in [6.45, 7) is 7.23. The molecular weight excluding hydrogens is 238 g/mol. The monoisotopic (exact) mass is 259 g/mol. The SMILES string of the molecule is COc1ccc(-c2nc(C)n(CC(C)C)c2N)cc1. The third kappa shape index (κ3) is 2.72. The van der Waals surface area contributed by atoms with Crippen LogP contribution in [0.15, 0.2) is 24.3 Å². The van der Waals surface area contributed by atoms with Crippen LogP contribution in [0.2, 0.25) is 0 Å². The highest BCUT2D eigenvalue weighted by atomic mass is 16.5. The number of aryl methyl sites for hydroxylation is 1. The van der Waals surface area contributed by atoms with E-state index in [4.69, 9.17) is 10.5 Å². The quantitative estimate of drug-likeness (QED) is 0.918. The zero-order chi connectivity index (χ0) is 14.0. The third-order valence-corrected chi connectivity index (χ3v) is 3.11. The van der Waals surface area contributed by atoms with Gasteiger partial charge in [0.05, 0.1) is 7.11 Å². The van der Waals surface area contributed by atoms with E-state index in [9.17, 15) is 0 Å². The summed E-state index contributed by atoms with van der Waals surface area (Å²) in [5.41, 5.74) is 8.09. The lowest BCUT2D eigenvalue weighted by Crippen LogP contribution is -2.09. The van der Waals surface area contributed by atoms with Crippen molar-refractivity contribution in [3.63, 3.8) is 0 Å². The number of nitrogens with two attached hydrogens (primary N) is 1. The molecule has 0 aliphatic carbocycles. The molecule has 0 bridgehead atoms. The number of anilines is 1. The molecule has 4 nitrogen and oxygen atoms in total. The first-order valence-corrected chi connectivity index (χ1v) is 6.50. The summed E-state index contributed by atoms with van der Waals surface area (Å²) in [4.78, 5) is 4.59. The van der Waals surface area contributed by atoms with E-state index < -0.39 is 0 Å². The largest absolute Gasteiger partial charge is 0.497 e. The molecule has 2 rings (SSSR count). The van der Waals surface area contributed by atoms with Crippen LogP contribution in [0.5, 0.6) is 5.75 Å². The summed E-state index contributed by atoms with van der Waals surface area (Å²) in [6.07, 6.45) is 0. The number of imidazole rings is 1. The zero-order valence-corrected chi connectivity index (χ0v) is 12.0. The number of aromatic nitrogens is 2. The second-order valence-electron chi connectivity index (χ2n) is 5.13. The lowest BCUT2D eigenvalue weighted by Gasteiger charge is -2.10. The van der Waals surface area contributed by atoms with Crippen LogP contribution in [0.25, 0.3) is 11.3 Å². The van der Waals surface area contributed by atoms with Crippen LogP contribution in [0.3, 0.4) is 0 Å². The number of methoxy groups -OCH3 is 1. The second-order valence-corrected chi connectivity index (χ2v) is 5.13. The average Bonchev–Trinajstić information content (AvgIpc) is 2.66. The van der Waals surface area contributed by atoms with Crippen LogP contribution in [0.4, 0.5) is 5.82 Å². The van der Waals surface area contributed by atoms with Crippen LogP contribution < -0.4 is 10.5 Å². The normalized spacial score (nSPS) is 11.0. The maximum Gasteiger partial charge on any atom is 0.131 e. The summed E-state index contributed by atoms with van der Waals surface area (Å²) in [7, 11) is 1.66. The maximum atomic E-state index is 6.22. The first kappa shape index (κ1) is 13.5. The fourth-order valence-corrected chi connectivity index (χ4v) is 2.14. The molecule has 0 spiro atoms. The fourth-order valence-electron chi connectivity index (χ4n) is 2.14. The standard InChI is InChI=1S/C15H21N3O/c1-10(2)9-18-11(3)17-14(15(18)16)12-5-7-13(19-4)8-6-12/h5-8,10H,9,16H2,1-4H3. The molecule has 0 fully saturated rings. The second kappa shape index (κ2) is 5.34. The van der Waals surface area contributed by atoms with Crippen LogP contribution in [0.1, 0.15) is 19.7 Å². The van der Waals surface area contributed by atoms with Gasteiger partial charge in [0.2, 0.25) is 0 Å². The Balaban J connectivity index is 2.39. The topological polar surface area (TPSA) is 53.1 Å². The Morgan fingerprint density at radius 3 is 2.42 bits per heavy atom. The van der Waals surface area contributed by atoms with Gasteiger partial charge < -0.3 is 15.0 Å². The van der Waals surface area contributed by atoms with Crippen LogP contribution in [-0.4, -0.2) is 16.7 Å². The number of hydrogen-bond donors (Lipinski definition) is 1. The summed E-state index contributed by atoms with van der Waals surface area (Å²) in [5, 5.41) is 0. The third-order valence-electron chi connectivity index (χ3n) is 3.11. The molecule has 0 amide bonds. The van der Waals surface area contributed by atoms with Gasteiger partial charge in [-0.2, -0.15) is 0 Å². The van der Waals surface area contributed by atoms with Gasteiger partial charge in [-0.1, -0.05) is 13.8 Å². The molecule has 102 valence electrons. The predicted molar refractivity (Wildman–Crippen MR) is 78.2 cm³/mol. The molecule has 1 heterocycles. The summed E-state index contributed by atoms with van der Waals surface area (Å²) < 4.78 is 7.23. The summed E-state index contributed by atoms with van der Waals surface area (Å²) in [5.74, 6) is 3.06. The molecule has 0 aliphatic heterocycles. The van der Waals surface area contributed by atoms with Gasteiger partial charge in [-0.25, -0.2) is 4.98 Å². The number of ether oxygens (including phenoxy) is 1. The predicted octanol–water partition coefficient (Wildman–Crippen LogP) is 3.11. The van der Waals surface area contributed by atoms with Crippen LogP contribution in [-0.2, 0) is 6.54 Å². The van der Waals surface area contributed by atoms with Crippen LogP contribution >= 0.6 is 0 Å². The Hall–Kier alpha value is -1.97. The van der Waals surface area contributed by atoms with E-state index in [0.717, 1.165) is 35.2 Å². The van der Waals surface area contributed by atoms with E-state index in [-0.39, 0.29) is 0 Å². The molecule has 0 radical (unpaired) electrons. The first-order chi connectivity index (χ1) is 9.02. The molecule has 0 saturated carbocycles. The first-order valence-electron chi connectivity index (χ1n) is 6.50. The molecule has 1 aromatic heterocycles. The van der Waals surface area contributed by atoms with Gasteiger partial charge in [0.15, 0.2) is 0 Å². The highest BCUT2D eigenvalue weighted by molar-refractivity contribution is 5.71. The molecule has 1 aromatic carbocycles. The fraction of sp³-hybridized carbons (Fsp3) is 0.400. The minimum atomic E-state index is 0.541. The molecule has 2 aromatic rings. The molecule has 0 atom stereocenters. The Bertz CT molecular complexity index is 556. The molecule has 19 heavy (non-hydrogen) atoms. The number of nitrogen functional groups attached to an aromatic ring is 1. The summed E-state index contributed by atoms with van der Waals surface area (Å²) >= 11 is 0. The minimum Gasteiger partial charge on any atom is -0.497 e. The molecular formula is C15H21N3O. The number of benzene rings is 1. The Morgan fingerprint density at radius 2 is 1.89 bits per heavy atom. The van der Waals surface area contributed by atoms with Gasteiger partial charge in [-0.3, -0.25) is 0 Å².